The zero-order valence-corrected chi connectivity index (χ0v) is 12.3. The Morgan fingerprint density at radius 1 is 1.35 bits per heavy atom. The maximum atomic E-state index is 6.26. The first-order valence-corrected chi connectivity index (χ1v) is 7.55. The van der Waals surface area contributed by atoms with E-state index in [9.17, 15) is 0 Å². The molecule has 1 aliphatic rings. The van der Waals surface area contributed by atoms with Crippen molar-refractivity contribution in [1.29, 1.82) is 0 Å². The number of hydrogen-bond acceptors (Lipinski definition) is 1. The lowest BCUT2D eigenvalue weighted by Crippen LogP contribution is -2.13. The monoisotopic (exact) mass is 315 g/mol. The van der Waals surface area contributed by atoms with Gasteiger partial charge in [0.05, 0.1) is 0 Å². The van der Waals surface area contributed by atoms with Gasteiger partial charge in [-0.2, -0.15) is 0 Å². The maximum absolute atomic E-state index is 6.26. The fourth-order valence-electron chi connectivity index (χ4n) is 2.72. The minimum absolute atomic E-state index is 0.0543. The van der Waals surface area contributed by atoms with Crippen molar-refractivity contribution >= 4 is 27.5 Å². The van der Waals surface area contributed by atoms with Crippen molar-refractivity contribution < 1.29 is 0 Å². The molecule has 0 saturated heterocycles. The van der Waals surface area contributed by atoms with E-state index in [1.54, 1.807) is 0 Å². The van der Waals surface area contributed by atoms with Crippen LogP contribution in [0.3, 0.4) is 0 Å². The van der Waals surface area contributed by atoms with E-state index in [4.69, 9.17) is 17.3 Å². The summed E-state index contributed by atoms with van der Waals surface area (Å²) in [7, 11) is 0. The topological polar surface area (TPSA) is 26.0 Å². The molecule has 0 aromatic heterocycles. The molecule has 94 valence electrons. The van der Waals surface area contributed by atoms with E-state index in [-0.39, 0.29) is 6.04 Å². The van der Waals surface area contributed by atoms with Crippen LogP contribution in [0.15, 0.2) is 22.7 Å². The first-order valence-electron chi connectivity index (χ1n) is 6.38. The molecule has 1 atom stereocenters. The first-order chi connectivity index (χ1) is 8.18. The molecule has 1 saturated carbocycles. The van der Waals surface area contributed by atoms with Gasteiger partial charge < -0.3 is 5.73 Å². The minimum atomic E-state index is 0.0543. The van der Waals surface area contributed by atoms with Gasteiger partial charge in [0.25, 0.3) is 0 Å². The molecule has 0 radical (unpaired) electrons. The standard InChI is InChI=1S/C14H19BrClN/c15-11-6-3-7-12(16)14(11)13(17)9-8-10-4-1-2-5-10/h3,6-7,10,13H,1-2,4-5,8-9,17H2. The Balaban J connectivity index is 1.96. The third-order valence-corrected chi connectivity index (χ3v) is 4.75. The zero-order valence-electron chi connectivity index (χ0n) is 9.96. The summed E-state index contributed by atoms with van der Waals surface area (Å²) < 4.78 is 1.03. The van der Waals surface area contributed by atoms with E-state index < -0.39 is 0 Å². The van der Waals surface area contributed by atoms with Crippen molar-refractivity contribution in [1.82, 2.24) is 0 Å². The second kappa shape index (κ2) is 6.21. The van der Waals surface area contributed by atoms with Gasteiger partial charge in [0.15, 0.2) is 0 Å². The van der Waals surface area contributed by atoms with E-state index in [1.165, 1.54) is 32.1 Å². The normalized spacial score (nSPS) is 18.5. The second-order valence-electron chi connectivity index (χ2n) is 4.97. The van der Waals surface area contributed by atoms with Crippen LogP contribution < -0.4 is 5.73 Å². The Hall–Kier alpha value is -0.0500. The van der Waals surface area contributed by atoms with Crippen LogP contribution in [0, 0.1) is 5.92 Å². The minimum Gasteiger partial charge on any atom is -0.324 e. The highest BCUT2D eigenvalue weighted by atomic mass is 79.9. The first kappa shape index (κ1) is 13.4. The lowest BCUT2D eigenvalue weighted by molar-refractivity contribution is 0.453. The molecule has 17 heavy (non-hydrogen) atoms. The van der Waals surface area contributed by atoms with Crippen LogP contribution in [-0.4, -0.2) is 0 Å². The van der Waals surface area contributed by atoms with E-state index in [1.807, 2.05) is 18.2 Å². The highest BCUT2D eigenvalue weighted by Gasteiger charge is 2.18. The molecule has 1 aliphatic carbocycles. The van der Waals surface area contributed by atoms with E-state index in [2.05, 4.69) is 15.9 Å². The van der Waals surface area contributed by atoms with Gasteiger partial charge in [0.2, 0.25) is 0 Å². The van der Waals surface area contributed by atoms with Crippen LogP contribution >= 0.6 is 27.5 Å². The van der Waals surface area contributed by atoms with Gasteiger partial charge >= 0.3 is 0 Å². The van der Waals surface area contributed by atoms with Gasteiger partial charge in [-0.05, 0) is 30.9 Å². The maximum Gasteiger partial charge on any atom is 0.0465 e. The van der Waals surface area contributed by atoms with Gasteiger partial charge in [0, 0.05) is 21.1 Å². The van der Waals surface area contributed by atoms with Crippen LogP contribution in [0.5, 0.6) is 0 Å². The molecule has 0 amide bonds. The molecule has 1 fully saturated rings. The lowest BCUT2D eigenvalue weighted by Gasteiger charge is -2.17. The fraction of sp³-hybridized carbons (Fsp3) is 0.571. The molecule has 1 nitrogen and oxygen atoms in total. The van der Waals surface area contributed by atoms with E-state index in [0.29, 0.717) is 0 Å². The molecule has 1 aromatic carbocycles. The fourth-order valence-corrected chi connectivity index (χ4v) is 3.81. The highest BCUT2D eigenvalue weighted by molar-refractivity contribution is 9.10. The number of benzene rings is 1. The third kappa shape index (κ3) is 3.46. The Bertz CT molecular complexity index is 354. The van der Waals surface area contributed by atoms with Gasteiger partial charge in [0.1, 0.15) is 0 Å². The summed E-state index contributed by atoms with van der Waals surface area (Å²) in [5.74, 6) is 0.891. The molecule has 2 rings (SSSR count). The van der Waals surface area contributed by atoms with Crippen LogP contribution in [0.25, 0.3) is 0 Å². The van der Waals surface area contributed by atoms with E-state index in [0.717, 1.165) is 27.4 Å². The van der Waals surface area contributed by atoms with Gasteiger partial charge in [-0.3, -0.25) is 0 Å². The van der Waals surface area contributed by atoms with Gasteiger partial charge in [-0.15, -0.1) is 0 Å². The van der Waals surface area contributed by atoms with Crippen LogP contribution in [0.1, 0.15) is 50.1 Å². The van der Waals surface area contributed by atoms with Gasteiger partial charge in [-0.25, -0.2) is 0 Å². The summed E-state index contributed by atoms with van der Waals surface area (Å²) in [6, 6.07) is 5.92. The number of nitrogens with two attached hydrogens (primary N) is 1. The summed E-state index contributed by atoms with van der Waals surface area (Å²) in [5, 5.41) is 0.776. The Morgan fingerprint density at radius 3 is 2.71 bits per heavy atom. The number of halogens is 2. The molecule has 0 heterocycles. The molecule has 3 heteroatoms. The summed E-state index contributed by atoms with van der Waals surface area (Å²) >= 11 is 9.75. The largest absolute Gasteiger partial charge is 0.324 e. The van der Waals surface area contributed by atoms with Crippen molar-refractivity contribution in [3.63, 3.8) is 0 Å². The third-order valence-electron chi connectivity index (χ3n) is 3.73. The van der Waals surface area contributed by atoms with Crippen molar-refractivity contribution in [3.8, 4) is 0 Å². The number of hydrogen-bond donors (Lipinski definition) is 1. The Morgan fingerprint density at radius 2 is 2.06 bits per heavy atom. The quantitative estimate of drug-likeness (QED) is 0.824. The second-order valence-corrected chi connectivity index (χ2v) is 6.23. The van der Waals surface area contributed by atoms with Crippen molar-refractivity contribution in [2.24, 2.45) is 11.7 Å². The van der Waals surface area contributed by atoms with Crippen LogP contribution in [-0.2, 0) is 0 Å². The SMILES string of the molecule is NC(CCC1CCCC1)c1c(Cl)cccc1Br. The summed E-state index contributed by atoms with van der Waals surface area (Å²) in [6.07, 6.45) is 7.84. The molecule has 0 aliphatic heterocycles. The Labute approximate surface area is 117 Å². The van der Waals surface area contributed by atoms with Crippen LogP contribution in [0.4, 0.5) is 0 Å². The summed E-state index contributed by atoms with van der Waals surface area (Å²) in [4.78, 5) is 0. The molecule has 0 bridgehead atoms. The van der Waals surface area contributed by atoms with Crippen molar-refractivity contribution in [3.05, 3.63) is 33.3 Å². The molecular weight excluding hydrogens is 298 g/mol. The predicted molar refractivity (Wildman–Crippen MR) is 77.3 cm³/mol. The highest BCUT2D eigenvalue weighted by Crippen LogP contribution is 2.35. The summed E-state index contributed by atoms with van der Waals surface area (Å²) in [5.41, 5.74) is 7.32. The molecular formula is C14H19BrClN. The molecule has 1 unspecified atom stereocenters. The van der Waals surface area contributed by atoms with Crippen molar-refractivity contribution in [2.75, 3.05) is 0 Å². The lowest BCUT2D eigenvalue weighted by atomic mass is 9.95. The summed E-state index contributed by atoms with van der Waals surface area (Å²) in [6.45, 7) is 0. The average Bonchev–Trinajstić information content (AvgIpc) is 2.79. The zero-order chi connectivity index (χ0) is 12.3. The van der Waals surface area contributed by atoms with Crippen LogP contribution in [0.2, 0.25) is 5.02 Å². The smallest absolute Gasteiger partial charge is 0.0465 e. The van der Waals surface area contributed by atoms with E-state index >= 15 is 0 Å². The van der Waals surface area contributed by atoms with Crippen molar-refractivity contribution in [2.45, 2.75) is 44.6 Å². The van der Waals surface area contributed by atoms with Gasteiger partial charge in [-0.1, -0.05) is 59.3 Å². The average molecular weight is 317 g/mol. The molecule has 1 aromatic rings. The molecule has 0 spiro atoms. The molecule has 2 N–H and O–H groups in total. The Kier molecular flexibility index (Phi) is 4.89. The predicted octanol–water partition coefficient (Wildman–Crippen LogP) is 5.07. The number of rotatable bonds is 4.